The third kappa shape index (κ3) is 8.81. The van der Waals surface area contributed by atoms with E-state index < -0.39 is 24.3 Å². The lowest BCUT2D eigenvalue weighted by Crippen LogP contribution is -2.33. The van der Waals surface area contributed by atoms with Crippen molar-refractivity contribution in [3.8, 4) is 0 Å². The molecule has 0 radical (unpaired) electrons. The van der Waals surface area contributed by atoms with Crippen molar-refractivity contribution in [2.24, 2.45) is 0 Å². The molecule has 1 rings (SSSR count). The second kappa shape index (κ2) is 9.55. The summed E-state index contributed by atoms with van der Waals surface area (Å²) in [6, 6.07) is 6.24. The van der Waals surface area contributed by atoms with Crippen LogP contribution in [0.15, 0.2) is 24.3 Å². The number of hydrogen-bond donors (Lipinski definition) is 2. The van der Waals surface area contributed by atoms with E-state index in [4.69, 9.17) is 9.47 Å². The smallest absolute Gasteiger partial charge is 0.407 e. The topological polar surface area (TPSA) is 111 Å². The van der Waals surface area contributed by atoms with Crippen LogP contribution in [0.5, 0.6) is 0 Å². The lowest BCUT2D eigenvalue weighted by molar-refractivity contribution is -0.142. The van der Waals surface area contributed by atoms with Gasteiger partial charge in [0.05, 0.1) is 6.42 Å². The maximum Gasteiger partial charge on any atom is 0.407 e. The molecule has 0 unspecified atom stereocenters. The molecule has 0 saturated heterocycles. The highest BCUT2D eigenvalue weighted by atomic mass is 16.6. The molecule has 2 amide bonds. The van der Waals surface area contributed by atoms with Gasteiger partial charge in [-0.3, -0.25) is 14.4 Å². The molecule has 1 aromatic rings. The fourth-order valence-corrected chi connectivity index (χ4v) is 1.83. The van der Waals surface area contributed by atoms with Gasteiger partial charge in [0.15, 0.2) is 12.4 Å². The minimum Gasteiger partial charge on any atom is -0.457 e. The van der Waals surface area contributed by atoms with Gasteiger partial charge in [-0.1, -0.05) is 0 Å². The maximum atomic E-state index is 12.0. The molecule has 0 bridgehead atoms. The van der Waals surface area contributed by atoms with Crippen LogP contribution in [0.25, 0.3) is 0 Å². The number of amides is 2. The van der Waals surface area contributed by atoms with Gasteiger partial charge in [-0.2, -0.15) is 0 Å². The van der Waals surface area contributed by atoms with Crippen molar-refractivity contribution in [1.82, 2.24) is 5.32 Å². The van der Waals surface area contributed by atoms with Gasteiger partial charge in [0, 0.05) is 24.7 Å². The summed E-state index contributed by atoms with van der Waals surface area (Å²) in [5.74, 6) is -1.19. The number of nitrogens with one attached hydrogen (secondary N) is 2. The normalized spacial score (nSPS) is 10.6. The third-order valence-corrected chi connectivity index (χ3v) is 2.89. The summed E-state index contributed by atoms with van der Waals surface area (Å²) in [5.41, 5.74) is 0.310. The van der Waals surface area contributed by atoms with Gasteiger partial charge in [-0.25, -0.2) is 4.79 Å². The van der Waals surface area contributed by atoms with Crippen LogP contribution in [0.2, 0.25) is 0 Å². The molecule has 0 aliphatic carbocycles. The first-order valence-electron chi connectivity index (χ1n) is 8.10. The first-order valence-corrected chi connectivity index (χ1v) is 8.10. The monoisotopic (exact) mass is 364 g/mol. The molecule has 0 heterocycles. The zero-order chi connectivity index (χ0) is 19.7. The largest absolute Gasteiger partial charge is 0.457 e. The molecule has 1 aromatic carbocycles. The number of Topliss-reactive ketones (excluding diaryl/α,β-unsaturated/α-hetero) is 1. The van der Waals surface area contributed by atoms with Crippen LogP contribution in [0.3, 0.4) is 0 Å². The molecule has 0 aromatic heterocycles. The molecule has 2 N–H and O–H groups in total. The quantitative estimate of drug-likeness (QED) is 0.567. The highest BCUT2D eigenvalue weighted by Gasteiger charge is 2.16. The Morgan fingerprint density at radius 3 is 2.19 bits per heavy atom. The van der Waals surface area contributed by atoms with Gasteiger partial charge in [-0.15, -0.1) is 0 Å². The summed E-state index contributed by atoms with van der Waals surface area (Å²) in [5, 5.41) is 5.02. The molecule has 0 fully saturated rings. The second-order valence-corrected chi connectivity index (χ2v) is 6.52. The molecule has 0 spiro atoms. The molecular weight excluding hydrogens is 340 g/mol. The van der Waals surface area contributed by atoms with Crippen LogP contribution < -0.4 is 10.6 Å². The lowest BCUT2D eigenvalue weighted by atomic mass is 10.1. The number of carbonyl (C=O) groups excluding carboxylic acids is 4. The summed E-state index contributed by atoms with van der Waals surface area (Å²) in [6.07, 6.45) is -0.700. The van der Waals surface area contributed by atoms with Crippen molar-refractivity contribution in [3.05, 3.63) is 29.8 Å². The van der Waals surface area contributed by atoms with E-state index in [0.717, 1.165) is 0 Å². The summed E-state index contributed by atoms with van der Waals surface area (Å²) >= 11 is 0. The molecule has 8 nitrogen and oxygen atoms in total. The van der Waals surface area contributed by atoms with Gasteiger partial charge < -0.3 is 20.1 Å². The first-order chi connectivity index (χ1) is 12.1. The van der Waals surface area contributed by atoms with Crippen LogP contribution in [-0.4, -0.2) is 42.5 Å². The minimum atomic E-state index is -0.624. The summed E-state index contributed by atoms with van der Waals surface area (Å²) in [4.78, 5) is 45.9. The van der Waals surface area contributed by atoms with Crippen LogP contribution >= 0.6 is 0 Å². The molecule has 0 aliphatic heterocycles. The van der Waals surface area contributed by atoms with Crippen molar-refractivity contribution in [1.29, 1.82) is 0 Å². The summed E-state index contributed by atoms with van der Waals surface area (Å²) in [7, 11) is 0. The number of rotatable bonds is 7. The fourth-order valence-electron chi connectivity index (χ4n) is 1.83. The molecule has 26 heavy (non-hydrogen) atoms. The van der Waals surface area contributed by atoms with Gasteiger partial charge in [0.2, 0.25) is 5.91 Å². The highest BCUT2D eigenvalue weighted by molar-refractivity contribution is 5.98. The van der Waals surface area contributed by atoms with E-state index in [1.165, 1.54) is 19.1 Å². The van der Waals surface area contributed by atoms with Gasteiger partial charge in [-0.05, 0) is 45.0 Å². The average Bonchev–Trinajstić information content (AvgIpc) is 2.51. The van der Waals surface area contributed by atoms with Crippen LogP contribution in [-0.2, 0) is 19.1 Å². The van der Waals surface area contributed by atoms with Crippen molar-refractivity contribution in [3.63, 3.8) is 0 Å². The summed E-state index contributed by atoms with van der Waals surface area (Å²) in [6.45, 7) is 6.23. The molecule has 142 valence electrons. The number of esters is 1. The standard InChI is InChI=1S/C18H24N2O6/c1-12(21)20-14-7-5-13(6-8-14)15(22)11-25-16(23)9-10-19-17(24)26-18(2,3)4/h5-8H,9-11H2,1-4H3,(H,19,24)(H,20,21). The van der Waals surface area contributed by atoms with Crippen molar-refractivity contribution in [2.45, 2.75) is 39.7 Å². The Hall–Kier alpha value is -2.90. The van der Waals surface area contributed by atoms with E-state index in [0.29, 0.717) is 11.3 Å². The van der Waals surface area contributed by atoms with E-state index in [2.05, 4.69) is 10.6 Å². The predicted molar refractivity (Wildman–Crippen MR) is 94.9 cm³/mol. The Balaban J connectivity index is 2.32. The Kier molecular flexibility index (Phi) is 7.77. The van der Waals surface area contributed by atoms with Crippen molar-refractivity contribution < 1.29 is 28.7 Å². The number of alkyl carbamates (subject to hydrolysis) is 1. The SMILES string of the molecule is CC(=O)Nc1ccc(C(=O)COC(=O)CCNC(=O)OC(C)(C)C)cc1. The van der Waals surface area contributed by atoms with E-state index in [-0.39, 0.29) is 24.7 Å². The molecule has 0 saturated carbocycles. The van der Waals surface area contributed by atoms with Crippen LogP contribution in [0.1, 0.15) is 44.5 Å². The van der Waals surface area contributed by atoms with E-state index in [9.17, 15) is 19.2 Å². The number of hydrogen-bond acceptors (Lipinski definition) is 6. The molecular formula is C18H24N2O6. The van der Waals surface area contributed by atoms with Crippen molar-refractivity contribution in [2.75, 3.05) is 18.5 Å². The predicted octanol–water partition coefficient (Wildman–Crippen LogP) is 2.29. The van der Waals surface area contributed by atoms with Gasteiger partial charge in [0.1, 0.15) is 5.60 Å². The fraction of sp³-hybridized carbons (Fsp3) is 0.444. The van der Waals surface area contributed by atoms with Crippen molar-refractivity contribution >= 4 is 29.4 Å². The Labute approximate surface area is 152 Å². The Bertz CT molecular complexity index is 661. The number of ether oxygens (including phenoxy) is 2. The number of ketones is 1. The second-order valence-electron chi connectivity index (χ2n) is 6.52. The average molecular weight is 364 g/mol. The molecule has 0 aliphatic rings. The Morgan fingerprint density at radius 2 is 1.65 bits per heavy atom. The zero-order valence-corrected chi connectivity index (χ0v) is 15.4. The van der Waals surface area contributed by atoms with Gasteiger partial charge in [0.25, 0.3) is 0 Å². The van der Waals surface area contributed by atoms with E-state index in [1.54, 1.807) is 32.9 Å². The van der Waals surface area contributed by atoms with Crippen LogP contribution in [0.4, 0.5) is 10.5 Å². The first kappa shape index (κ1) is 21.1. The van der Waals surface area contributed by atoms with E-state index in [1.807, 2.05) is 0 Å². The zero-order valence-electron chi connectivity index (χ0n) is 15.4. The molecule has 8 heteroatoms. The van der Waals surface area contributed by atoms with E-state index >= 15 is 0 Å². The third-order valence-electron chi connectivity index (χ3n) is 2.89. The highest BCUT2D eigenvalue weighted by Crippen LogP contribution is 2.10. The number of carbonyl (C=O) groups is 4. The maximum absolute atomic E-state index is 12.0. The Morgan fingerprint density at radius 1 is 1.04 bits per heavy atom. The molecule has 0 atom stereocenters. The minimum absolute atomic E-state index is 0.0490. The van der Waals surface area contributed by atoms with Gasteiger partial charge >= 0.3 is 12.1 Å². The number of benzene rings is 1. The van der Waals surface area contributed by atoms with Crippen LogP contribution in [0, 0.1) is 0 Å². The number of anilines is 1. The lowest BCUT2D eigenvalue weighted by Gasteiger charge is -2.19. The summed E-state index contributed by atoms with van der Waals surface area (Å²) < 4.78 is 9.91.